The van der Waals surface area contributed by atoms with Crippen LogP contribution in [0.4, 0.5) is 0 Å². The van der Waals surface area contributed by atoms with Gasteiger partial charge in [-0.1, -0.05) is 15.9 Å². The third kappa shape index (κ3) is 4.58. The highest BCUT2D eigenvalue weighted by Crippen LogP contribution is 2.16. The number of hydrogen-bond donors (Lipinski definition) is 2. The van der Waals surface area contributed by atoms with Crippen LogP contribution in [0.15, 0.2) is 41.0 Å². The van der Waals surface area contributed by atoms with Gasteiger partial charge in [0.15, 0.2) is 0 Å². The standard InChI is InChI=1S/C17H21BrN4O2/c18-13-3-5-15(6-4-13)24-11-9-20-17(23)16-7-10-22(21-16)14-2-1-8-19-12-14/h3-7,10,14,19H,1-2,8-9,11-12H2,(H,20,23). The van der Waals surface area contributed by atoms with E-state index in [9.17, 15) is 4.79 Å². The number of hydrogen-bond acceptors (Lipinski definition) is 4. The van der Waals surface area contributed by atoms with Crippen LogP contribution < -0.4 is 15.4 Å². The van der Waals surface area contributed by atoms with Gasteiger partial charge in [0, 0.05) is 17.2 Å². The molecule has 0 spiro atoms. The fraction of sp³-hybridized carbons (Fsp3) is 0.412. The second kappa shape index (κ2) is 8.30. The fourth-order valence-corrected chi connectivity index (χ4v) is 2.94. The number of nitrogens with zero attached hydrogens (tertiary/aromatic N) is 2. The van der Waals surface area contributed by atoms with E-state index in [4.69, 9.17) is 4.74 Å². The van der Waals surface area contributed by atoms with Gasteiger partial charge in [-0.25, -0.2) is 0 Å². The van der Waals surface area contributed by atoms with E-state index < -0.39 is 0 Å². The number of benzene rings is 1. The number of ether oxygens (including phenoxy) is 1. The molecule has 1 aliphatic rings. The molecule has 7 heteroatoms. The van der Waals surface area contributed by atoms with Crippen molar-refractivity contribution in [1.29, 1.82) is 0 Å². The first-order valence-corrected chi connectivity index (χ1v) is 8.94. The van der Waals surface area contributed by atoms with Crippen molar-refractivity contribution in [1.82, 2.24) is 20.4 Å². The largest absolute Gasteiger partial charge is 0.492 e. The molecule has 1 unspecified atom stereocenters. The van der Waals surface area contributed by atoms with Gasteiger partial charge in [-0.3, -0.25) is 9.48 Å². The molecule has 6 nitrogen and oxygen atoms in total. The third-order valence-electron chi connectivity index (χ3n) is 3.96. The van der Waals surface area contributed by atoms with E-state index in [0.29, 0.717) is 24.9 Å². The fourth-order valence-electron chi connectivity index (χ4n) is 2.68. The van der Waals surface area contributed by atoms with E-state index >= 15 is 0 Å². The molecular weight excluding hydrogens is 372 g/mol. The molecule has 0 bridgehead atoms. The molecule has 1 atom stereocenters. The summed E-state index contributed by atoms with van der Waals surface area (Å²) in [7, 11) is 0. The van der Waals surface area contributed by atoms with Crippen LogP contribution in [0.25, 0.3) is 0 Å². The Morgan fingerprint density at radius 1 is 1.38 bits per heavy atom. The Bertz CT molecular complexity index is 665. The summed E-state index contributed by atoms with van der Waals surface area (Å²) in [6.07, 6.45) is 4.11. The van der Waals surface area contributed by atoms with Gasteiger partial charge in [-0.2, -0.15) is 5.10 Å². The number of halogens is 1. The van der Waals surface area contributed by atoms with Crippen LogP contribution in [0.1, 0.15) is 29.4 Å². The predicted octanol–water partition coefficient (Wildman–Crippen LogP) is 2.38. The molecule has 1 aliphatic heterocycles. The Morgan fingerprint density at radius 3 is 2.96 bits per heavy atom. The summed E-state index contributed by atoms with van der Waals surface area (Å²) in [6, 6.07) is 9.69. The Kier molecular flexibility index (Phi) is 5.87. The molecule has 2 N–H and O–H groups in total. The average Bonchev–Trinajstić information content (AvgIpc) is 3.11. The van der Waals surface area contributed by atoms with Gasteiger partial charge in [0.25, 0.3) is 5.91 Å². The second-order valence-corrected chi connectivity index (χ2v) is 6.66. The van der Waals surface area contributed by atoms with Crippen LogP contribution in [-0.4, -0.2) is 41.9 Å². The molecule has 2 heterocycles. The van der Waals surface area contributed by atoms with Gasteiger partial charge >= 0.3 is 0 Å². The Hall–Kier alpha value is -1.86. The van der Waals surface area contributed by atoms with Gasteiger partial charge in [0.2, 0.25) is 0 Å². The SMILES string of the molecule is O=C(NCCOc1ccc(Br)cc1)c1ccn(C2CCCNC2)n1. The minimum atomic E-state index is -0.170. The quantitative estimate of drug-likeness (QED) is 0.740. The van der Waals surface area contributed by atoms with Crippen LogP contribution in [0.2, 0.25) is 0 Å². The molecule has 1 amide bonds. The predicted molar refractivity (Wildman–Crippen MR) is 95.3 cm³/mol. The maximum absolute atomic E-state index is 12.1. The van der Waals surface area contributed by atoms with E-state index in [2.05, 4.69) is 31.7 Å². The maximum Gasteiger partial charge on any atom is 0.271 e. The zero-order chi connectivity index (χ0) is 16.8. The first kappa shape index (κ1) is 17.0. The monoisotopic (exact) mass is 392 g/mol. The molecule has 3 rings (SSSR count). The summed E-state index contributed by atoms with van der Waals surface area (Å²) in [6.45, 7) is 2.82. The lowest BCUT2D eigenvalue weighted by molar-refractivity contribution is 0.0940. The van der Waals surface area contributed by atoms with Gasteiger partial charge in [0.05, 0.1) is 12.6 Å². The van der Waals surface area contributed by atoms with Crippen LogP contribution in [0.3, 0.4) is 0 Å². The van der Waals surface area contributed by atoms with Crippen LogP contribution in [-0.2, 0) is 0 Å². The topological polar surface area (TPSA) is 68.2 Å². The molecule has 0 radical (unpaired) electrons. The lowest BCUT2D eigenvalue weighted by Crippen LogP contribution is -2.32. The summed E-state index contributed by atoms with van der Waals surface area (Å²) in [5, 5.41) is 10.6. The molecule has 1 aromatic heterocycles. The van der Waals surface area contributed by atoms with E-state index in [0.717, 1.165) is 36.2 Å². The number of piperidine rings is 1. The lowest BCUT2D eigenvalue weighted by Gasteiger charge is -2.22. The molecular formula is C17H21BrN4O2. The van der Waals surface area contributed by atoms with Crippen LogP contribution >= 0.6 is 15.9 Å². The number of aromatic nitrogens is 2. The summed E-state index contributed by atoms with van der Waals surface area (Å²) < 4.78 is 8.47. The molecule has 1 fully saturated rings. The molecule has 1 aromatic carbocycles. The highest BCUT2D eigenvalue weighted by molar-refractivity contribution is 9.10. The zero-order valence-electron chi connectivity index (χ0n) is 13.4. The van der Waals surface area contributed by atoms with Crippen molar-refractivity contribution in [3.8, 4) is 5.75 Å². The Labute approximate surface area is 149 Å². The van der Waals surface area contributed by atoms with Crippen molar-refractivity contribution in [2.45, 2.75) is 18.9 Å². The number of nitrogens with one attached hydrogen (secondary N) is 2. The van der Waals surface area contributed by atoms with E-state index in [-0.39, 0.29) is 5.91 Å². The third-order valence-corrected chi connectivity index (χ3v) is 4.48. The zero-order valence-corrected chi connectivity index (χ0v) is 15.0. The summed E-state index contributed by atoms with van der Waals surface area (Å²) in [5.41, 5.74) is 0.448. The van der Waals surface area contributed by atoms with Gasteiger partial charge < -0.3 is 15.4 Å². The minimum absolute atomic E-state index is 0.170. The van der Waals surface area contributed by atoms with Crippen molar-refractivity contribution in [3.63, 3.8) is 0 Å². The van der Waals surface area contributed by atoms with Crippen molar-refractivity contribution in [2.75, 3.05) is 26.2 Å². The average molecular weight is 393 g/mol. The summed E-state index contributed by atoms with van der Waals surface area (Å²) in [4.78, 5) is 12.1. The van der Waals surface area contributed by atoms with E-state index in [1.807, 2.05) is 35.1 Å². The first-order valence-electron chi connectivity index (χ1n) is 8.15. The maximum atomic E-state index is 12.1. The molecule has 2 aromatic rings. The molecule has 1 saturated heterocycles. The molecule has 128 valence electrons. The van der Waals surface area contributed by atoms with Gasteiger partial charge in [0.1, 0.15) is 18.1 Å². The summed E-state index contributed by atoms with van der Waals surface area (Å²) >= 11 is 3.38. The van der Waals surface area contributed by atoms with Gasteiger partial charge in [-0.05, 0) is 49.7 Å². The number of amides is 1. The van der Waals surface area contributed by atoms with Crippen LogP contribution in [0.5, 0.6) is 5.75 Å². The molecule has 0 saturated carbocycles. The number of carbonyl (C=O) groups excluding carboxylic acids is 1. The smallest absolute Gasteiger partial charge is 0.271 e. The van der Waals surface area contributed by atoms with Crippen molar-refractivity contribution < 1.29 is 9.53 Å². The van der Waals surface area contributed by atoms with E-state index in [1.165, 1.54) is 0 Å². The first-order chi connectivity index (χ1) is 11.7. The van der Waals surface area contributed by atoms with Crippen molar-refractivity contribution in [3.05, 3.63) is 46.7 Å². The van der Waals surface area contributed by atoms with Crippen molar-refractivity contribution in [2.24, 2.45) is 0 Å². The second-order valence-electron chi connectivity index (χ2n) is 5.74. The Morgan fingerprint density at radius 2 is 2.21 bits per heavy atom. The van der Waals surface area contributed by atoms with Gasteiger partial charge in [-0.15, -0.1) is 0 Å². The summed E-state index contributed by atoms with van der Waals surface area (Å²) in [5.74, 6) is 0.610. The van der Waals surface area contributed by atoms with Crippen LogP contribution in [0, 0.1) is 0 Å². The lowest BCUT2D eigenvalue weighted by atomic mass is 10.1. The highest BCUT2D eigenvalue weighted by Gasteiger charge is 2.17. The Balaban J connectivity index is 1.43. The highest BCUT2D eigenvalue weighted by atomic mass is 79.9. The molecule has 0 aliphatic carbocycles. The normalized spacial score (nSPS) is 17.5. The minimum Gasteiger partial charge on any atom is -0.492 e. The molecule has 24 heavy (non-hydrogen) atoms. The number of carbonyl (C=O) groups is 1. The van der Waals surface area contributed by atoms with E-state index in [1.54, 1.807) is 6.07 Å². The number of rotatable bonds is 6. The van der Waals surface area contributed by atoms with Crippen molar-refractivity contribution >= 4 is 21.8 Å².